The average Bonchev–Trinajstić information content (AvgIpc) is 2.57. The number of hydrogen-bond acceptors (Lipinski definition) is 6. The van der Waals surface area contributed by atoms with E-state index in [9.17, 15) is 15.0 Å². The van der Waals surface area contributed by atoms with Gasteiger partial charge in [-0.15, -0.1) is 11.8 Å². The lowest BCUT2D eigenvalue weighted by atomic mass is 10.0. The maximum atomic E-state index is 11.5. The zero-order valence-electron chi connectivity index (χ0n) is 14.7. The molecule has 24 heavy (non-hydrogen) atoms. The van der Waals surface area contributed by atoms with Gasteiger partial charge in [0.25, 0.3) is 0 Å². The van der Waals surface area contributed by atoms with Crippen molar-refractivity contribution < 1.29 is 24.9 Å². The Balaban J connectivity index is 1.99. The van der Waals surface area contributed by atoms with E-state index >= 15 is 0 Å². The van der Waals surface area contributed by atoms with E-state index in [1.165, 1.54) is 0 Å². The number of carbonyl (C=O) groups is 1. The minimum Gasteiger partial charge on any atom is -0.394 e. The highest BCUT2D eigenvalue weighted by Gasteiger charge is 2.36. The number of rotatable bonds is 12. The van der Waals surface area contributed by atoms with Crippen LogP contribution in [0.15, 0.2) is 0 Å². The van der Waals surface area contributed by atoms with E-state index in [1.54, 1.807) is 11.8 Å². The number of aliphatic hydroxyl groups is 3. The van der Waals surface area contributed by atoms with Gasteiger partial charge >= 0.3 is 0 Å². The highest BCUT2D eigenvalue weighted by Crippen LogP contribution is 2.28. The Hall–Kier alpha value is -0.340. The summed E-state index contributed by atoms with van der Waals surface area (Å²) in [6.07, 6.45) is 4.68. The summed E-state index contributed by atoms with van der Waals surface area (Å²) in [7, 11) is 0. The molecule has 2 unspecified atom stereocenters. The van der Waals surface area contributed by atoms with Crippen molar-refractivity contribution in [3.05, 3.63) is 0 Å². The molecule has 1 rings (SSSR count). The Labute approximate surface area is 149 Å². The summed E-state index contributed by atoms with van der Waals surface area (Å²) in [5.41, 5.74) is -0.182. The molecular weight excluding hydrogens is 330 g/mol. The molecule has 1 heterocycles. The fourth-order valence-electron chi connectivity index (χ4n) is 2.64. The fourth-order valence-corrected chi connectivity index (χ4v) is 3.83. The lowest BCUT2D eigenvalue weighted by Gasteiger charge is -2.36. The summed E-state index contributed by atoms with van der Waals surface area (Å²) >= 11 is 1.61. The van der Waals surface area contributed by atoms with Gasteiger partial charge in [0, 0.05) is 19.4 Å². The van der Waals surface area contributed by atoms with Crippen LogP contribution < -0.4 is 5.32 Å². The van der Waals surface area contributed by atoms with Crippen LogP contribution in [0.2, 0.25) is 0 Å². The van der Waals surface area contributed by atoms with E-state index in [1.807, 2.05) is 0 Å². The van der Waals surface area contributed by atoms with E-state index in [0.29, 0.717) is 12.8 Å². The molecule has 1 aliphatic heterocycles. The first-order chi connectivity index (χ1) is 11.6. The zero-order valence-corrected chi connectivity index (χ0v) is 15.5. The molecule has 6 nitrogen and oxygen atoms in total. The first-order valence-corrected chi connectivity index (χ1v) is 10.1. The summed E-state index contributed by atoms with van der Waals surface area (Å²) in [5.74, 6) is 1.05. The third kappa shape index (κ3) is 8.67. The number of ether oxygens (including phenoxy) is 1. The molecular formula is C17H33NO5S. The summed E-state index contributed by atoms with van der Waals surface area (Å²) in [6, 6.07) is 0. The second-order valence-electron chi connectivity index (χ2n) is 6.32. The lowest BCUT2D eigenvalue weighted by molar-refractivity contribution is -0.157. The number of aliphatic hydroxyl groups excluding tert-OH is 3. The number of carbonyl (C=O) groups excluding carboxylic acids is 1. The summed E-state index contributed by atoms with van der Waals surface area (Å²) in [5, 5.41) is 31.5. The van der Waals surface area contributed by atoms with Crippen molar-refractivity contribution in [2.75, 3.05) is 18.9 Å². The van der Waals surface area contributed by atoms with Crippen LogP contribution in [0.1, 0.15) is 58.3 Å². The third-order valence-electron chi connectivity index (χ3n) is 4.17. The largest absolute Gasteiger partial charge is 0.394 e. The van der Waals surface area contributed by atoms with Crippen LogP contribution in [0.5, 0.6) is 0 Å². The molecule has 1 fully saturated rings. The average molecular weight is 364 g/mol. The van der Waals surface area contributed by atoms with Gasteiger partial charge in [-0.05, 0) is 25.0 Å². The molecule has 0 spiro atoms. The number of amides is 1. The second-order valence-corrected chi connectivity index (χ2v) is 7.59. The van der Waals surface area contributed by atoms with Crippen molar-refractivity contribution in [2.45, 2.75) is 82.0 Å². The highest BCUT2D eigenvalue weighted by atomic mass is 32.2. The molecule has 1 amide bonds. The minimum atomic E-state index is -1.01. The number of hydrogen-bond donors (Lipinski definition) is 4. The van der Waals surface area contributed by atoms with Gasteiger partial charge in [0.15, 0.2) is 0 Å². The van der Waals surface area contributed by atoms with Crippen molar-refractivity contribution in [1.29, 1.82) is 0 Å². The van der Waals surface area contributed by atoms with Crippen LogP contribution in [0.4, 0.5) is 0 Å². The lowest BCUT2D eigenvalue weighted by Crippen LogP contribution is -2.49. The highest BCUT2D eigenvalue weighted by molar-refractivity contribution is 7.99. The number of unbranched alkanes of at least 4 members (excludes halogenated alkanes) is 4. The molecule has 0 bridgehead atoms. The maximum Gasteiger partial charge on any atom is 0.219 e. The van der Waals surface area contributed by atoms with Crippen LogP contribution in [0, 0.1) is 0 Å². The molecule has 0 aliphatic carbocycles. The van der Waals surface area contributed by atoms with Gasteiger partial charge in [-0.1, -0.05) is 26.2 Å². The normalized spacial score (nSPS) is 27.2. The molecule has 7 heteroatoms. The van der Waals surface area contributed by atoms with Crippen LogP contribution >= 0.6 is 11.8 Å². The Morgan fingerprint density at radius 1 is 1.21 bits per heavy atom. The molecule has 1 saturated heterocycles. The van der Waals surface area contributed by atoms with Crippen LogP contribution in [-0.4, -0.2) is 63.9 Å². The maximum absolute atomic E-state index is 11.5. The standard InChI is InChI=1S/C17H33NO5S/c1-2-3-5-8-15(21)18-9-6-4-7-10-24-16-11-13(20)17(22)14(12-19)23-16/h13-14,16-17,19-20,22H,2-12H2,1H3,(H,18,21)/t13?,14?,16-,17+/m0/s1. The van der Waals surface area contributed by atoms with Gasteiger partial charge in [-0.3, -0.25) is 4.79 Å². The molecule has 0 aromatic rings. The van der Waals surface area contributed by atoms with E-state index in [4.69, 9.17) is 9.84 Å². The fraction of sp³-hybridized carbons (Fsp3) is 0.941. The number of thioether (sulfide) groups is 1. The number of nitrogens with one attached hydrogen (secondary N) is 1. The van der Waals surface area contributed by atoms with Crippen LogP contribution in [0.25, 0.3) is 0 Å². The smallest absolute Gasteiger partial charge is 0.219 e. The molecule has 0 radical (unpaired) electrons. The van der Waals surface area contributed by atoms with Crippen molar-refractivity contribution >= 4 is 17.7 Å². The van der Waals surface area contributed by atoms with Crippen molar-refractivity contribution in [2.24, 2.45) is 0 Å². The topological polar surface area (TPSA) is 99.0 Å². The van der Waals surface area contributed by atoms with Gasteiger partial charge in [0.05, 0.1) is 12.7 Å². The van der Waals surface area contributed by atoms with Crippen molar-refractivity contribution in [3.8, 4) is 0 Å². The Kier molecular flexibility index (Phi) is 11.7. The third-order valence-corrected chi connectivity index (χ3v) is 5.37. The van der Waals surface area contributed by atoms with Crippen molar-refractivity contribution in [3.63, 3.8) is 0 Å². The first kappa shape index (κ1) is 21.7. The predicted molar refractivity (Wildman–Crippen MR) is 95.8 cm³/mol. The Bertz CT molecular complexity index is 345. The predicted octanol–water partition coefficient (Wildman–Crippen LogP) is 1.42. The summed E-state index contributed by atoms with van der Waals surface area (Å²) in [4.78, 5) is 11.5. The molecule has 4 N–H and O–H groups in total. The van der Waals surface area contributed by atoms with Gasteiger partial charge in [-0.2, -0.15) is 0 Å². The molecule has 1 aliphatic rings. The SMILES string of the molecule is CCCCCC(=O)NCCCCCS[C@H]1CC(O)[C@@H](O)C(CO)O1. The van der Waals surface area contributed by atoms with Crippen LogP contribution in [0.3, 0.4) is 0 Å². The van der Waals surface area contributed by atoms with Gasteiger partial charge in [-0.25, -0.2) is 0 Å². The molecule has 4 atom stereocenters. The van der Waals surface area contributed by atoms with E-state index in [-0.39, 0.29) is 18.0 Å². The minimum absolute atomic E-state index is 0.149. The molecule has 0 saturated carbocycles. The second kappa shape index (κ2) is 12.9. The van der Waals surface area contributed by atoms with Gasteiger partial charge < -0.3 is 25.4 Å². The quantitative estimate of drug-likeness (QED) is 0.391. The molecule has 0 aromatic carbocycles. The van der Waals surface area contributed by atoms with Crippen molar-refractivity contribution in [1.82, 2.24) is 5.32 Å². The van der Waals surface area contributed by atoms with E-state index < -0.39 is 18.3 Å². The van der Waals surface area contributed by atoms with Gasteiger partial charge in [0.2, 0.25) is 5.91 Å². The monoisotopic (exact) mass is 363 g/mol. The van der Waals surface area contributed by atoms with E-state index in [2.05, 4.69) is 12.2 Å². The zero-order chi connectivity index (χ0) is 17.8. The molecule has 142 valence electrons. The first-order valence-electron chi connectivity index (χ1n) is 9.09. The molecule has 0 aromatic heterocycles. The Morgan fingerprint density at radius 3 is 2.71 bits per heavy atom. The summed E-state index contributed by atoms with van der Waals surface area (Å²) in [6.45, 7) is 2.57. The van der Waals surface area contributed by atoms with Gasteiger partial charge in [0.1, 0.15) is 17.6 Å². The Morgan fingerprint density at radius 2 is 2.00 bits per heavy atom. The van der Waals surface area contributed by atoms with Crippen LogP contribution in [-0.2, 0) is 9.53 Å². The van der Waals surface area contributed by atoms with E-state index in [0.717, 1.165) is 50.8 Å². The summed E-state index contributed by atoms with van der Waals surface area (Å²) < 4.78 is 5.57.